The Morgan fingerprint density at radius 3 is 2.76 bits per heavy atom. The first-order chi connectivity index (χ1) is 9.99. The summed E-state index contributed by atoms with van der Waals surface area (Å²) >= 11 is 0. The summed E-state index contributed by atoms with van der Waals surface area (Å²) in [5.41, 5.74) is 7.16. The molecule has 1 aromatic rings. The number of benzene rings is 1. The molecule has 0 aliphatic carbocycles. The summed E-state index contributed by atoms with van der Waals surface area (Å²) in [6.45, 7) is 1.97. The van der Waals surface area contributed by atoms with Gasteiger partial charge in [0.05, 0.1) is 27.7 Å². The van der Waals surface area contributed by atoms with Crippen molar-refractivity contribution in [2.75, 3.05) is 18.9 Å². The molecule has 2 rings (SSSR count). The number of Topliss-reactive ketones (excluding diaryl/α,β-unsaturated/α-hetero) is 1. The number of nitrogen functional groups attached to an aromatic ring is 1. The Morgan fingerprint density at radius 1 is 1.52 bits per heavy atom. The third-order valence-corrected chi connectivity index (χ3v) is 3.29. The van der Waals surface area contributed by atoms with Crippen LogP contribution in [0.2, 0.25) is 0 Å². The van der Waals surface area contributed by atoms with Crippen molar-refractivity contribution < 1.29 is 19.4 Å². The van der Waals surface area contributed by atoms with Gasteiger partial charge in [-0.25, -0.2) is 4.90 Å². The van der Waals surface area contributed by atoms with Gasteiger partial charge in [-0.3, -0.25) is 4.79 Å². The SMILES string of the molecule is [B][C@H]1COC[C@@H](O)N1C(OCc1ccc(N)cc1)C(C)=O. The maximum Gasteiger partial charge on any atom is 0.173 e. The summed E-state index contributed by atoms with van der Waals surface area (Å²) in [7, 11) is 5.89. The Morgan fingerprint density at radius 2 is 2.19 bits per heavy atom. The molecule has 3 N–H and O–H groups in total. The van der Waals surface area contributed by atoms with E-state index in [2.05, 4.69) is 0 Å². The Hall–Kier alpha value is -1.41. The quantitative estimate of drug-likeness (QED) is 0.579. The number of nitrogens with zero attached hydrogens (tertiary/aromatic N) is 1. The van der Waals surface area contributed by atoms with Crippen molar-refractivity contribution in [2.24, 2.45) is 0 Å². The molecule has 0 aromatic heterocycles. The van der Waals surface area contributed by atoms with Crippen molar-refractivity contribution in [1.82, 2.24) is 4.90 Å². The van der Waals surface area contributed by atoms with E-state index >= 15 is 0 Å². The van der Waals surface area contributed by atoms with Gasteiger partial charge in [-0.1, -0.05) is 12.1 Å². The molecule has 3 atom stereocenters. The van der Waals surface area contributed by atoms with Crippen molar-refractivity contribution in [3.8, 4) is 0 Å². The molecule has 1 aliphatic rings. The normalized spacial score (nSPS) is 24.7. The average Bonchev–Trinajstić information content (AvgIpc) is 2.43. The van der Waals surface area contributed by atoms with Crippen LogP contribution in [0.5, 0.6) is 0 Å². The van der Waals surface area contributed by atoms with Gasteiger partial charge < -0.3 is 20.3 Å². The van der Waals surface area contributed by atoms with Gasteiger partial charge in [0.1, 0.15) is 6.23 Å². The van der Waals surface area contributed by atoms with Crippen LogP contribution in [0.3, 0.4) is 0 Å². The van der Waals surface area contributed by atoms with E-state index in [-0.39, 0.29) is 25.6 Å². The number of anilines is 1. The predicted octanol–water partition coefficient (Wildman–Crippen LogP) is -0.154. The van der Waals surface area contributed by atoms with Crippen LogP contribution in [-0.2, 0) is 20.9 Å². The smallest absolute Gasteiger partial charge is 0.173 e. The molecule has 6 nitrogen and oxygen atoms in total. The fourth-order valence-corrected chi connectivity index (χ4v) is 2.22. The van der Waals surface area contributed by atoms with E-state index in [9.17, 15) is 9.90 Å². The Labute approximate surface area is 125 Å². The van der Waals surface area contributed by atoms with Crippen LogP contribution in [0, 0.1) is 0 Å². The second-order valence-corrected chi connectivity index (χ2v) is 5.05. The van der Waals surface area contributed by atoms with E-state index in [1.807, 2.05) is 12.1 Å². The predicted molar refractivity (Wildman–Crippen MR) is 78.3 cm³/mol. The van der Waals surface area contributed by atoms with Crippen molar-refractivity contribution in [2.45, 2.75) is 31.9 Å². The highest BCUT2D eigenvalue weighted by Gasteiger charge is 2.35. The molecule has 0 amide bonds. The zero-order chi connectivity index (χ0) is 15.4. The highest BCUT2D eigenvalue weighted by molar-refractivity contribution is 6.12. The molecule has 1 saturated heterocycles. The minimum absolute atomic E-state index is 0.0999. The lowest BCUT2D eigenvalue weighted by Gasteiger charge is -2.41. The van der Waals surface area contributed by atoms with Crippen LogP contribution in [0.15, 0.2) is 24.3 Å². The van der Waals surface area contributed by atoms with Crippen LogP contribution >= 0.6 is 0 Å². The Balaban J connectivity index is 2.04. The fourth-order valence-electron chi connectivity index (χ4n) is 2.22. The second kappa shape index (κ2) is 7.04. The highest BCUT2D eigenvalue weighted by atomic mass is 16.5. The van der Waals surface area contributed by atoms with E-state index in [0.717, 1.165) is 5.56 Å². The van der Waals surface area contributed by atoms with Gasteiger partial charge in [0.15, 0.2) is 12.0 Å². The lowest BCUT2D eigenvalue weighted by Crippen LogP contribution is -2.59. The summed E-state index contributed by atoms with van der Waals surface area (Å²) in [4.78, 5) is 13.2. The average molecular weight is 290 g/mol. The minimum Gasteiger partial charge on any atom is -0.399 e. The fraction of sp³-hybridized carbons (Fsp3) is 0.500. The lowest BCUT2D eigenvalue weighted by molar-refractivity contribution is -0.197. The number of hydrogen-bond donors (Lipinski definition) is 2. The number of aliphatic hydroxyl groups is 1. The summed E-state index contributed by atoms with van der Waals surface area (Å²) in [6.07, 6.45) is -1.87. The number of hydrogen-bond acceptors (Lipinski definition) is 6. The molecule has 2 radical (unpaired) electrons. The zero-order valence-corrected chi connectivity index (χ0v) is 11.9. The number of nitrogens with two attached hydrogens (primary N) is 1. The van der Waals surface area contributed by atoms with E-state index in [1.165, 1.54) is 11.8 Å². The number of ketones is 1. The highest BCUT2D eigenvalue weighted by Crippen LogP contribution is 2.17. The maximum absolute atomic E-state index is 11.8. The number of morpholine rings is 1. The molecule has 112 valence electrons. The van der Waals surface area contributed by atoms with E-state index in [1.54, 1.807) is 12.1 Å². The van der Waals surface area contributed by atoms with Gasteiger partial charge >= 0.3 is 0 Å². The molecular weight excluding hydrogens is 271 g/mol. The van der Waals surface area contributed by atoms with Crippen LogP contribution in [0.4, 0.5) is 5.69 Å². The lowest BCUT2D eigenvalue weighted by atomic mass is 9.93. The minimum atomic E-state index is -0.964. The van der Waals surface area contributed by atoms with Crippen LogP contribution < -0.4 is 5.73 Å². The van der Waals surface area contributed by atoms with Crippen molar-refractivity contribution >= 4 is 19.3 Å². The third-order valence-electron chi connectivity index (χ3n) is 3.29. The van der Waals surface area contributed by atoms with Crippen LogP contribution in [0.25, 0.3) is 0 Å². The van der Waals surface area contributed by atoms with Gasteiger partial charge in [-0.15, -0.1) is 0 Å². The van der Waals surface area contributed by atoms with Gasteiger partial charge in [-0.2, -0.15) is 0 Å². The van der Waals surface area contributed by atoms with E-state index < -0.39 is 18.4 Å². The first-order valence-electron chi connectivity index (χ1n) is 6.74. The van der Waals surface area contributed by atoms with Gasteiger partial charge in [0.25, 0.3) is 0 Å². The maximum atomic E-state index is 11.8. The van der Waals surface area contributed by atoms with Crippen molar-refractivity contribution in [3.63, 3.8) is 0 Å². The number of ether oxygens (including phenoxy) is 2. The van der Waals surface area contributed by atoms with Gasteiger partial charge in [-0.05, 0) is 30.6 Å². The molecule has 21 heavy (non-hydrogen) atoms. The molecular formula is C14H19BN2O4. The van der Waals surface area contributed by atoms with Gasteiger partial charge in [0.2, 0.25) is 0 Å². The number of carbonyl (C=O) groups excluding carboxylic acids is 1. The second-order valence-electron chi connectivity index (χ2n) is 5.05. The molecule has 0 spiro atoms. The first kappa shape index (κ1) is 16.0. The monoisotopic (exact) mass is 290 g/mol. The summed E-state index contributed by atoms with van der Waals surface area (Å²) < 4.78 is 10.8. The van der Waals surface area contributed by atoms with E-state index in [4.69, 9.17) is 23.1 Å². The molecule has 0 saturated carbocycles. The zero-order valence-electron chi connectivity index (χ0n) is 11.9. The topological polar surface area (TPSA) is 85.0 Å². The van der Waals surface area contributed by atoms with Crippen LogP contribution in [0.1, 0.15) is 12.5 Å². The van der Waals surface area contributed by atoms with Crippen molar-refractivity contribution in [3.05, 3.63) is 29.8 Å². The number of carbonyl (C=O) groups is 1. The largest absolute Gasteiger partial charge is 0.399 e. The first-order valence-corrected chi connectivity index (χ1v) is 6.74. The number of rotatable bonds is 5. The van der Waals surface area contributed by atoms with Gasteiger partial charge in [0, 0.05) is 5.69 Å². The molecule has 1 aliphatic heterocycles. The standard InChI is InChI=1S/C14H19BN2O4/c1-9(18)14(17-12(15)7-20-8-13(17)19)21-6-10-2-4-11(16)5-3-10/h2-5,12-14,19H,6-8,16H2,1H3/t12-,13-,14?/m1/s1. The molecule has 1 aromatic carbocycles. The van der Waals surface area contributed by atoms with E-state index in [0.29, 0.717) is 5.69 Å². The summed E-state index contributed by atoms with van der Waals surface area (Å²) in [5, 5.41) is 9.96. The molecule has 7 heteroatoms. The van der Waals surface area contributed by atoms with Crippen molar-refractivity contribution in [1.29, 1.82) is 0 Å². The summed E-state index contributed by atoms with van der Waals surface area (Å²) in [5.74, 6) is -0.809. The molecule has 1 fully saturated rings. The Kier molecular flexibility index (Phi) is 5.36. The summed E-state index contributed by atoms with van der Waals surface area (Å²) in [6, 6.07) is 7.16. The Bertz CT molecular complexity index is 472. The van der Waals surface area contributed by atoms with Crippen LogP contribution in [-0.4, -0.2) is 55.2 Å². The molecule has 0 bridgehead atoms. The third kappa shape index (κ3) is 4.04. The molecule has 1 unspecified atom stereocenters. The number of aliphatic hydroxyl groups excluding tert-OH is 1. The molecule has 1 heterocycles.